The molecule has 28 heavy (non-hydrogen) atoms. The number of nitrogens with zero attached hydrogens (tertiary/aromatic N) is 3. The van der Waals surface area contributed by atoms with Crippen molar-refractivity contribution in [2.75, 3.05) is 19.0 Å². The molecule has 1 amide bonds. The maximum Gasteiger partial charge on any atom is 0.268 e. The minimum Gasteiger partial charge on any atom is -0.378 e. The van der Waals surface area contributed by atoms with Gasteiger partial charge in [-0.25, -0.2) is 0 Å². The molecule has 6 nitrogen and oxygen atoms in total. The molecule has 0 aliphatic carbocycles. The molecule has 0 aliphatic heterocycles. The standard InChI is InChI=1S/C22H22N4O2/c1-25(2)19-8-6-17(7-9-19)15-20(26-14-4-3-5-21(26)27)22(28)24-16-18-10-12-23-13-11-18/h3-15H,16H2,1-2H3,(H,24,28)/b20-15+. The van der Waals surface area contributed by atoms with Gasteiger partial charge in [0, 0.05) is 51.0 Å². The molecule has 0 unspecified atom stereocenters. The van der Waals surface area contributed by atoms with Crippen LogP contribution in [0.25, 0.3) is 11.8 Å². The fraction of sp³-hybridized carbons (Fsp3) is 0.136. The van der Waals surface area contributed by atoms with Crippen LogP contribution in [-0.4, -0.2) is 29.6 Å². The molecule has 0 bridgehead atoms. The highest BCUT2D eigenvalue weighted by molar-refractivity contribution is 6.18. The van der Waals surface area contributed by atoms with Crippen molar-refractivity contribution in [2.45, 2.75) is 6.54 Å². The number of benzene rings is 1. The van der Waals surface area contributed by atoms with Crippen LogP contribution in [0.5, 0.6) is 0 Å². The van der Waals surface area contributed by atoms with Crippen molar-refractivity contribution in [1.29, 1.82) is 0 Å². The average Bonchev–Trinajstić information content (AvgIpc) is 2.72. The molecule has 142 valence electrons. The summed E-state index contributed by atoms with van der Waals surface area (Å²) in [6, 6.07) is 16.2. The molecule has 1 N–H and O–H groups in total. The minimum absolute atomic E-state index is 0.261. The van der Waals surface area contributed by atoms with Gasteiger partial charge in [-0.1, -0.05) is 18.2 Å². The second kappa shape index (κ2) is 8.81. The zero-order valence-corrected chi connectivity index (χ0v) is 15.9. The van der Waals surface area contributed by atoms with Crippen molar-refractivity contribution < 1.29 is 4.79 Å². The predicted octanol–water partition coefficient (Wildman–Crippen LogP) is 2.62. The molecule has 6 heteroatoms. The average molecular weight is 374 g/mol. The van der Waals surface area contributed by atoms with Crippen LogP contribution < -0.4 is 15.8 Å². The summed E-state index contributed by atoms with van der Waals surface area (Å²) < 4.78 is 1.35. The normalized spacial score (nSPS) is 11.1. The van der Waals surface area contributed by atoms with Crippen molar-refractivity contribution in [1.82, 2.24) is 14.9 Å². The van der Waals surface area contributed by atoms with Gasteiger partial charge in [0.2, 0.25) is 0 Å². The van der Waals surface area contributed by atoms with Gasteiger partial charge in [-0.05, 0) is 47.5 Å². The third-order valence-electron chi connectivity index (χ3n) is 4.23. The Kier molecular flexibility index (Phi) is 6.01. The third-order valence-corrected chi connectivity index (χ3v) is 4.23. The second-order valence-corrected chi connectivity index (χ2v) is 6.46. The van der Waals surface area contributed by atoms with E-state index in [0.29, 0.717) is 6.54 Å². The number of carbonyl (C=O) groups excluding carboxylic acids is 1. The number of carbonyl (C=O) groups is 1. The van der Waals surface area contributed by atoms with Crippen molar-refractivity contribution in [3.63, 3.8) is 0 Å². The first kappa shape index (κ1) is 19.1. The summed E-state index contributed by atoms with van der Waals surface area (Å²) >= 11 is 0. The summed E-state index contributed by atoms with van der Waals surface area (Å²) in [4.78, 5) is 31.2. The van der Waals surface area contributed by atoms with Gasteiger partial charge in [0.05, 0.1) is 0 Å². The molecule has 0 radical (unpaired) electrons. The molecule has 2 heterocycles. The molecule has 0 aliphatic rings. The van der Waals surface area contributed by atoms with Crippen LogP contribution in [0, 0.1) is 0 Å². The molecule has 0 atom stereocenters. The van der Waals surface area contributed by atoms with Gasteiger partial charge in [0.1, 0.15) is 5.70 Å². The van der Waals surface area contributed by atoms with E-state index < -0.39 is 0 Å². The van der Waals surface area contributed by atoms with Crippen LogP contribution in [0.1, 0.15) is 11.1 Å². The van der Waals surface area contributed by atoms with Crippen molar-refractivity contribution in [3.05, 3.63) is 94.7 Å². The van der Waals surface area contributed by atoms with E-state index in [0.717, 1.165) is 16.8 Å². The van der Waals surface area contributed by atoms with E-state index in [1.807, 2.05) is 55.4 Å². The Morgan fingerprint density at radius 2 is 1.79 bits per heavy atom. The van der Waals surface area contributed by atoms with Crippen LogP contribution in [0.15, 0.2) is 78.0 Å². The molecule has 2 aromatic heterocycles. The first-order valence-corrected chi connectivity index (χ1v) is 8.89. The molecule has 0 saturated heterocycles. The largest absolute Gasteiger partial charge is 0.378 e. The minimum atomic E-state index is -0.332. The number of anilines is 1. The zero-order chi connectivity index (χ0) is 19.9. The van der Waals surface area contributed by atoms with Crippen LogP contribution >= 0.6 is 0 Å². The van der Waals surface area contributed by atoms with Gasteiger partial charge >= 0.3 is 0 Å². The summed E-state index contributed by atoms with van der Waals surface area (Å²) in [6.45, 7) is 0.347. The molecular formula is C22H22N4O2. The van der Waals surface area contributed by atoms with Crippen molar-refractivity contribution >= 4 is 23.4 Å². The maximum absolute atomic E-state index is 12.9. The molecule has 1 aromatic carbocycles. The lowest BCUT2D eigenvalue weighted by atomic mass is 10.1. The highest BCUT2D eigenvalue weighted by Gasteiger charge is 2.13. The number of hydrogen-bond donors (Lipinski definition) is 1. The van der Waals surface area contributed by atoms with E-state index >= 15 is 0 Å². The third kappa shape index (κ3) is 4.73. The Morgan fingerprint density at radius 3 is 2.43 bits per heavy atom. The number of aromatic nitrogens is 2. The van der Waals surface area contributed by atoms with Gasteiger partial charge in [0.15, 0.2) is 0 Å². The van der Waals surface area contributed by atoms with E-state index in [4.69, 9.17) is 0 Å². The quantitative estimate of drug-likeness (QED) is 0.674. The van der Waals surface area contributed by atoms with E-state index in [1.54, 1.807) is 36.8 Å². The molecule has 0 spiro atoms. The van der Waals surface area contributed by atoms with Crippen LogP contribution in [-0.2, 0) is 11.3 Å². The first-order valence-electron chi connectivity index (χ1n) is 8.89. The van der Waals surface area contributed by atoms with Crippen molar-refractivity contribution in [2.24, 2.45) is 0 Å². The van der Waals surface area contributed by atoms with Crippen molar-refractivity contribution in [3.8, 4) is 0 Å². The summed E-state index contributed by atoms with van der Waals surface area (Å²) in [5, 5.41) is 2.87. The number of hydrogen-bond acceptors (Lipinski definition) is 4. The lowest BCUT2D eigenvalue weighted by Crippen LogP contribution is -2.30. The number of rotatable bonds is 6. The van der Waals surface area contributed by atoms with E-state index in [1.165, 1.54) is 10.6 Å². The summed E-state index contributed by atoms with van der Waals surface area (Å²) in [6.07, 6.45) is 6.65. The SMILES string of the molecule is CN(C)c1ccc(/C=C(\C(=O)NCc2ccncc2)n2ccccc2=O)cc1. The van der Waals surface area contributed by atoms with E-state index in [-0.39, 0.29) is 17.2 Å². The first-order chi connectivity index (χ1) is 13.5. The zero-order valence-electron chi connectivity index (χ0n) is 15.9. The Hall–Kier alpha value is -3.67. The topological polar surface area (TPSA) is 67.2 Å². The Bertz CT molecular complexity index is 1020. The predicted molar refractivity (Wildman–Crippen MR) is 112 cm³/mol. The molecule has 3 aromatic rings. The van der Waals surface area contributed by atoms with Gasteiger partial charge < -0.3 is 10.2 Å². The second-order valence-electron chi connectivity index (χ2n) is 6.46. The summed E-state index contributed by atoms with van der Waals surface area (Å²) in [5.74, 6) is -0.332. The number of amides is 1. The van der Waals surface area contributed by atoms with E-state index in [9.17, 15) is 9.59 Å². The highest BCUT2D eigenvalue weighted by atomic mass is 16.2. The Labute approximate surface area is 163 Å². The molecule has 3 rings (SSSR count). The smallest absolute Gasteiger partial charge is 0.268 e. The number of nitrogens with one attached hydrogen (secondary N) is 1. The molecule has 0 fully saturated rings. The maximum atomic E-state index is 12.9. The lowest BCUT2D eigenvalue weighted by molar-refractivity contribution is -0.116. The monoisotopic (exact) mass is 374 g/mol. The van der Waals surface area contributed by atoms with Crippen LogP contribution in [0.2, 0.25) is 0 Å². The Morgan fingerprint density at radius 1 is 1.07 bits per heavy atom. The van der Waals surface area contributed by atoms with Crippen LogP contribution in [0.4, 0.5) is 5.69 Å². The molecular weight excluding hydrogens is 352 g/mol. The summed E-state index contributed by atoms with van der Waals surface area (Å²) in [7, 11) is 3.93. The van der Waals surface area contributed by atoms with E-state index in [2.05, 4.69) is 10.3 Å². The highest BCUT2D eigenvalue weighted by Crippen LogP contribution is 2.16. The number of pyridine rings is 2. The fourth-order valence-electron chi connectivity index (χ4n) is 2.67. The molecule has 0 saturated carbocycles. The summed E-state index contributed by atoms with van der Waals surface area (Å²) in [5.41, 5.74) is 2.81. The van der Waals surface area contributed by atoms with Gasteiger partial charge in [-0.15, -0.1) is 0 Å². The van der Waals surface area contributed by atoms with Gasteiger partial charge in [-0.2, -0.15) is 0 Å². The Balaban J connectivity index is 1.92. The van der Waals surface area contributed by atoms with Crippen LogP contribution in [0.3, 0.4) is 0 Å². The van der Waals surface area contributed by atoms with Gasteiger partial charge in [0.25, 0.3) is 11.5 Å². The lowest BCUT2D eigenvalue weighted by Gasteiger charge is -2.13. The fourth-order valence-corrected chi connectivity index (χ4v) is 2.67. The van der Waals surface area contributed by atoms with Gasteiger partial charge in [-0.3, -0.25) is 19.1 Å².